The number of hydrogen-bond acceptors (Lipinski definition) is 2. The first-order valence-corrected chi connectivity index (χ1v) is 4.70. The van der Waals surface area contributed by atoms with E-state index in [-0.39, 0.29) is 11.8 Å². The Bertz CT molecular complexity index is 251. The van der Waals surface area contributed by atoms with Crippen molar-refractivity contribution in [2.75, 3.05) is 6.54 Å². The number of carbonyl (C=O) groups is 2. The fraction of sp³-hybridized carbons (Fsp3) is 0.778. The number of ketones is 1. The summed E-state index contributed by atoms with van der Waals surface area (Å²) in [5.41, 5.74) is 0. The molecule has 2 fully saturated rings. The molecule has 0 aromatic heterocycles. The fourth-order valence-corrected chi connectivity index (χ4v) is 2.45. The molecule has 0 bridgehead atoms. The van der Waals surface area contributed by atoms with E-state index in [2.05, 4.69) is 0 Å². The van der Waals surface area contributed by atoms with Gasteiger partial charge in [-0.1, -0.05) is 0 Å². The first-order chi connectivity index (χ1) is 6.18. The summed E-state index contributed by atoms with van der Waals surface area (Å²) in [6.07, 6.45) is 2.03. The van der Waals surface area contributed by atoms with Gasteiger partial charge in [0, 0.05) is 25.4 Å². The molecule has 4 nitrogen and oxygen atoms in total. The van der Waals surface area contributed by atoms with Gasteiger partial charge in [-0.25, -0.2) is 4.79 Å². The molecule has 1 N–H and O–H groups in total. The molecule has 1 aliphatic carbocycles. The smallest absolute Gasteiger partial charge is 0.407 e. The van der Waals surface area contributed by atoms with E-state index in [1.165, 1.54) is 4.90 Å². The molecule has 1 amide bonds. The van der Waals surface area contributed by atoms with E-state index in [0.717, 1.165) is 12.8 Å². The van der Waals surface area contributed by atoms with Gasteiger partial charge in [0.05, 0.1) is 0 Å². The monoisotopic (exact) mass is 183 g/mol. The molecule has 2 rings (SSSR count). The van der Waals surface area contributed by atoms with Gasteiger partial charge in [0.1, 0.15) is 5.78 Å². The van der Waals surface area contributed by atoms with Gasteiger partial charge in [0.25, 0.3) is 0 Å². The van der Waals surface area contributed by atoms with Crippen molar-refractivity contribution in [3.05, 3.63) is 0 Å². The lowest BCUT2D eigenvalue weighted by molar-refractivity contribution is -0.122. The Morgan fingerprint density at radius 3 is 2.92 bits per heavy atom. The van der Waals surface area contributed by atoms with Crippen molar-refractivity contribution in [3.8, 4) is 0 Å². The van der Waals surface area contributed by atoms with Gasteiger partial charge < -0.3 is 10.0 Å². The first kappa shape index (κ1) is 8.53. The Hall–Kier alpha value is -1.06. The van der Waals surface area contributed by atoms with Crippen molar-refractivity contribution in [1.29, 1.82) is 0 Å². The summed E-state index contributed by atoms with van der Waals surface area (Å²) in [6, 6.07) is -0.0150. The SMILES string of the molecule is O=C1CCC2CCN(C(=O)O)C2C1. The Labute approximate surface area is 76.5 Å². The van der Waals surface area contributed by atoms with Gasteiger partial charge >= 0.3 is 6.09 Å². The van der Waals surface area contributed by atoms with Gasteiger partial charge in [0.2, 0.25) is 0 Å². The zero-order valence-corrected chi connectivity index (χ0v) is 7.40. The minimum absolute atomic E-state index is 0.0150. The average Bonchev–Trinajstić information content (AvgIpc) is 2.46. The molecule has 2 aliphatic rings. The average molecular weight is 183 g/mol. The number of rotatable bonds is 0. The number of amides is 1. The van der Waals surface area contributed by atoms with Crippen molar-refractivity contribution in [3.63, 3.8) is 0 Å². The van der Waals surface area contributed by atoms with Crippen LogP contribution in [0.5, 0.6) is 0 Å². The number of carbonyl (C=O) groups excluding carboxylic acids is 1. The van der Waals surface area contributed by atoms with Gasteiger partial charge in [-0.3, -0.25) is 4.79 Å². The van der Waals surface area contributed by atoms with E-state index in [1.807, 2.05) is 0 Å². The molecule has 0 radical (unpaired) electrons. The molecule has 2 atom stereocenters. The summed E-state index contributed by atoms with van der Waals surface area (Å²) in [7, 11) is 0. The second-order valence-electron chi connectivity index (χ2n) is 3.87. The molecule has 1 saturated heterocycles. The topological polar surface area (TPSA) is 57.6 Å². The molecule has 4 heteroatoms. The van der Waals surface area contributed by atoms with Crippen molar-refractivity contribution in [1.82, 2.24) is 4.90 Å². The number of nitrogens with zero attached hydrogens (tertiary/aromatic N) is 1. The van der Waals surface area contributed by atoms with Crippen LogP contribution in [0, 0.1) is 5.92 Å². The largest absolute Gasteiger partial charge is 0.465 e. The number of Topliss-reactive ketones (excluding diaryl/α,β-unsaturated/α-hetero) is 1. The van der Waals surface area contributed by atoms with Gasteiger partial charge in [-0.15, -0.1) is 0 Å². The molecular formula is C9H13NO3. The summed E-state index contributed by atoms with van der Waals surface area (Å²) < 4.78 is 0. The third-order valence-corrected chi connectivity index (χ3v) is 3.16. The molecule has 2 unspecified atom stereocenters. The summed E-state index contributed by atoms with van der Waals surface area (Å²) >= 11 is 0. The van der Waals surface area contributed by atoms with Crippen LogP contribution in [0.2, 0.25) is 0 Å². The molecule has 1 saturated carbocycles. The van der Waals surface area contributed by atoms with Crippen LogP contribution in [0.4, 0.5) is 4.79 Å². The predicted molar refractivity (Wildman–Crippen MR) is 45.5 cm³/mol. The molecular weight excluding hydrogens is 170 g/mol. The highest BCUT2D eigenvalue weighted by Crippen LogP contribution is 2.34. The number of fused-ring (bicyclic) bond motifs is 1. The zero-order valence-electron chi connectivity index (χ0n) is 7.40. The number of carboxylic acid groups (broad SMARTS) is 1. The zero-order chi connectivity index (χ0) is 9.42. The Morgan fingerprint density at radius 1 is 1.46 bits per heavy atom. The normalized spacial score (nSPS) is 33.2. The van der Waals surface area contributed by atoms with E-state index < -0.39 is 6.09 Å². The van der Waals surface area contributed by atoms with E-state index in [1.54, 1.807) is 0 Å². The summed E-state index contributed by atoms with van der Waals surface area (Å²) in [6.45, 7) is 0.609. The van der Waals surface area contributed by atoms with Crippen LogP contribution in [0.1, 0.15) is 25.7 Å². The van der Waals surface area contributed by atoms with Crippen LogP contribution in [0.3, 0.4) is 0 Å². The van der Waals surface area contributed by atoms with E-state index >= 15 is 0 Å². The summed E-state index contributed by atoms with van der Waals surface area (Å²) in [5.74, 6) is 0.656. The van der Waals surface area contributed by atoms with Crippen molar-refractivity contribution in [2.45, 2.75) is 31.7 Å². The minimum Gasteiger partial charge on any atom is -0.465 e. The molecule has 72 valence electrons. The van der Waals surface area contributed by atoms with Crippen molar-refractivity contribution >= 4 is 11.9 Å². The van der Waals surface area contributed by atoms with Crippen LogP contribution in [0.15, 0.2) is 0 Å². The molecule has 1 heterocycles. The quantitative estimate of drug-likeness (QED) is 0.612. The maximum Gasteiger partial charge on any atom is 0.407 e. The second kappa shape index (κ2) is 3.01. The third kappa shape index (κ3) is 1.41. The van der Waals surface area contributed by atoms with Crippen LogP contribution in [-0.2, 0) is 4.79 Å². The molecule has 0 spiro atoms. The van der Waals surface area contributed by atoms with Crippen LogP contribution >= 0.6 is 0 Å². The highest BCUT2D eigenvalue weighted by atomic mass is 16.4. The summed E-state index contributed by atoms with van der Waals surface area (Å²) in [5, 5.41) is 8.85. The molecule has 0 aromatic rings. The number of hydrogen-bond donors (Lipinski definition) is 1. The maximum absolute atomic E-state index is 11.2. The van der Waals surface area contributed by atoms with Gasteiger partial charge in [-0.05, 0) is 18.8 Å². The Kier molecular flexibility index (Phi) is 1.98. The van der Waals surface area contributed by atoms with E-state index in [4.69, 9.17) is 5.11 Å². The minimum atomic E-state index is -0.873. The molecule has 1 aliphatic heterocycles. The van der Waals surface area contributed by atoms with E-state index in [9.17, 15) is 9.59 Å². The highest BCUT2D eigenvalue weighted by Gasteiger charge is 2.40. The lowest BCUT2D eigenvalue weighted by atomic mass is 9.84. The number of likely N-dealkylation sites (tertiary alicyclic amines) is 1. The van der Waals surface area contributed by atoms with Gasteiger partial charge in [-0.2, -0.15) is 0 Å². The predicted octanol–water partition coefficient (Wildman–Crippen LogP) is 1.11. The summed E-state index contributed by atoms with van der Waals surface area (Å²) in [4.78, 5) is 23.4. The van der Waals surface area contributed by atoms with Crippen LogP contribution in [-0.4, -0.2) is 34.5 Å². The van der Waals surface area contributed by atoms with Gasteiger partial charge in [0.15, 0.2) is 0 Å². The van der Waals surface area contributed by atoms with Crippen molar-refractivity contribution < 1.29 is 14.7 Å². The van der Waals surface area contributed by atoms with Crippen LogP contribution in [0.25, 0.3) is 0 Å². The fourth-order valence-electron chi connectivity index (χ4n) is 2.45. The lowest BCUT2D eigenvalue weighted by Crippen LogP contribution is -2.40. The standard InChI is InChI=1S/C9H13NO3/c11-7-2-1-6-3-4-10(9(12)13)8(6)5-7/h6,8H,1-5H2,(H,12,13). The first-order valence-electron chi connectivity index (χ1n) is 4.70. The Morgan fingerprint density at radius 2 is 2.23 bits per heavy atom. The lowest BCUT2D eigenvalue weighted by Gasteiger charge is -2.28. The molecule has 13 heavy (non-hydrogen) atoms. The molecule has 0 aromatic carbocycles. The van der Waals surface area contributed by atoms with Crippen LogP contribution < -0.4 is 0 Å². The highest BCUT2D eigenvalue weighted by molar-refractivity contribution is 5.81. The van der Waals surface area contributed by atoms with E-state index in [0.29, 0.717) is 25.3 Å². The maximum atomic E-state index is 11.2. The Balaban J connectivity index is 2.11. The second-order valence-corrected chi connectivity index (χ2v) is 3.87. The third-order valence-electron chi connectivity index (χ3n) is 3.16. The van der Waals surface area contributed by atoms with Crippen molar-refractivity contribution in [2.24, 2.45) is 5.92 Å².